The van der Waals surface area contributed by atoms with Gasteiger partial charge in [0.15, 0.2) is 0 Å². The van der Waals surface area contributed by atoms with Crippen LogP contribution in [0.15, 0.2) is 152 Å². The zero-order chi connectivity index (χ0) is 37.6. The number of hydrogen-bond donors (Lipinski definition) is 0. The Kier molecular flexibility index (Phi) is 7.75. The SMILES string of the molecule is CC(C)c1cccc(C(C)C)c1B1c2ccc(N3c4ccccc4Cc4ccccc43)cc2-c2cc(N3c4ccccc4C(C)(C)c4ccccc43)ccc21. The van der Waals surface area contributed by atoms with E-state index in [1.165, 1.54) is 95.0 Å². The Bertz CT molecular complexity index is 2530. The van der Waals surface area contributed by atoms with Crippen LogP contribution in [0.25, 0.3) is 11.1 Å². The molecule has 0 aromatic heterocycles. The predicted molar refractivity (Wildman–Crippen MR) is 235 cm³/mol. The topological polar surface area (TPSA) is 6.48 Å². The van der Waals surface area contributed by atoms with E-state index in [1.54, 1.807) is 0 Å². The summed E-state index contributed by atoms with van der Waals surface area (Å²) in [6.07, 6.45) is 0.946. The van der Waals surface area contributed by atoms with Crippen molar-refractivity contribution in [1.82, 2.24) is 0 Å². The quantitative estimate of drug-likeness (QED) is 0.164. The fourth-order valence-electron chi connectivity index (χ4n) is 10.1. The number of benzene rings is 7. The number of hydrogen-bond acceptors (Lipinski definition) is 2. The van der Waals surface area contributed by atoms with Gasteiger partial charge in [-0.1, -0.05) is 161 Å². The molecule has 268 valence electrons. The number of fused-ring (bicyclic) bond motifs is 7. The number of anilines is 6. The van der Waals surface area contributed by atoms with Gasteiger partial charge in [-0.2, -0.15) is 0 Å². The van der Waals surface area contributed by atoms with Gasteiger partial charge in [0.2, 0.25) is 6.71 Å². The van der Waals surface area contributed by atoms with Crippen molar-refractivity contribution in [3.8, 4) is 11.1 Å². The lowest BCUT2D eigenvalue weighted by Crippen LogP contribution is -2.52. The molecule has 55 heavy (non-hydrogen) atoms. The average Bonchev–Trinajstić information content (AvgIpc) is 3.52. The first-order valence-electron chi connectivity index (χ1n) is 20.1. The molecule has 0 fully saturated rings. The molecule has 0 N–H and O–H groups in total. The van der Waals surface area contributed by atoms with Crippen LogP contribution in [0.2, 0.25) is 0 Å². The van der Waals surface area contributed by atoms with Gasteiger partial charge < -0.3 is 9.80 Å². The Labute approximate surface area is 327 Å². The molecule has 3 heterocycles. The monoisotopic (exact) mass is 710 g/mol. The molecular formula is C52H47BN2. The molecule has 0 atom stereocenters. The highest BCUT2D eigenvalue weighted by Gasteiger charge is 2.40. The summed E-state index contributed by atoms with van der Waals surface area (Å²) in [7, 11) is 0. The molecule has 10 rings (SSSR count). The van der Waals surface area contributed by atoms with Crippen LogP contribution in [0, 0.1) is 0 Å². The summed E-state index contributed by atoms with van der Waals surface area (Å²) >= 11 is 0. The maximum Gasteiger partial charge on any atom is 0.243 e. The minimum absolute atomic E-state index is 0.109. The van der Waals surface area contributed by atoms with Gasteiger partial charge in [-0.15, -0.1) is 0 Å². The highest BCUT2D eigenvalue weighted by atomic mass is 15.2. The fraction of sp³-hybridized carbons (Fsp3) is 0.192. The van der Waals surface area contributed by atoms with Gasteiger partial charge in [0.1, 0.15) is 0 Å². The van der Waals surface area contributed by atoms with Crippen LogP contribution in [0.3, 0.4) is 0 Å². The lowest BCUT2D eigenvalue weighted by molar-refractivity contribution is 0.632. The molecule has 0 saturated heterocycles. The summed E-state index contributed by atoms with van der Waals surface area (Å²) in [5.41, 5.74) is 22.6. The highest BCUT2D eigenvalue weighted by molar-refractivity contribution is 6.99. The summed E-state index contributed by atoms with van der Waals surface area (Å²) in [5, 5.41) is 0. The van der Waals surface area contributed by atoms with Crippen LogP contribution < -0.4 is 26.2 Å². The first-order valence-corrected chi connectivity index (χ1v) is 20.1. The van der Waals surface area contributed by atoms with Crippen LogP contribution in [0.5, 0.6) is 0 Å². The molecule has 3 aliphatic heterocycles. The molecular weight excluding hydrogens is 663 g/mol. The average molecular weight is 711 g/mol. The molecule has 0 spiro atoms. The summed E-state index contributed by atoms with van der Waals surface area (Å²) < 4.78 is 0. The summed E-state index contributed by atoms with van der Waals surface area (Å²) in [5.74, 6) is 0.816. The van der Waals surface area contributed by atoms with E-state index in [0.29, 0.717) is 11.8 Å². The smallest absolute Gasteiger partial charge is 0.243 e. The molecule has 3 heteroatoms. The molecule has 2 nitrogen and oxygen atoms in total. The Morgan fingerprint density at radius 2 is 0.891 bits per heavy atom. The van der Waals surface area contributed by atoms with E-state index in [2.05, 4.69) is 203 Å². The summed E-state index contributed by atoms with van der Waals surface area (Å²) in [6.45, 7) is 14.3. The minimum atomic E-state index is -0.109. The van der Waals surface area contributed by atoms with Crippen molar-refractivity contribution in [2.75, 3.05) is 9.80 Å². The number of para-hydroxylation sites is 4. The molecule has 0 bridgehead atoms. The third-order valence-corrected chi connectivity index (χ3v) is 12.7. The van der Waals surface area contributed by atoms with Crippen LogP contribution in [-0.4, -0.2) is 6.71 Å². The third kappa shape index (κ3) is 5.09. The van der Waals surface area contributed by atoms with E-state index < -0.39 is 0 Å². The van der Waals surface area contributed by atoms with Crippen LogP contribution in [-0.2, 0) is 11.8 Å². The largest absolute Gasteiger partial charge is 0.310 e. The number of nitrogens with zero attached hydrogens (tertiary/aromatic N) is 2. The molecule has 0 aliphatic carbocycles. The third-order valence-electron chi connectivity index (χ3n) is 12.7. The van der Waals surface area contributed by atoms with Gasteiger partial charge in [-0.05, 0) is 105 Å². The molecule has 0 radical (unpaired) electrons. The maximum atomic E-state index is 2.51. The zero-order valence-electron chi connectivity index (χ0n) is 32.8. The molecule has 0 saturated carbocycles. The standard InChI is InChI=1S/C52H47BN2/c1-33(2)39-18-15-19-40(34(3)4)51(39)53-45-28-26-37(54-47-22-11-7-16-35(47)30-36-17-8-12-23-48(36)54)31-41(45)42-32-38(27-29-46(42)53)55-49-24-13-9-20-43(49)52(5,6)44-21-10-14-25-50(44)55/h7-29,31-34H,30H2,1-6H3. The molecule has 0 unspecified atom stereocenters. The van der Waals surface area contributed by atoms with E-state index in [-0.39, 0.29) is 12.1 Å². The highest BCUT2D eigenvalue weighted by Crippen LogP contribution is 2.52. The second-order valence-electron chi connectivity index (χ2n) is 16.9. The number of rotatable bonds is 5. The van der Waals surface area contributed by atoms with E-state index >= 15 is 0 Å². The van der Waals surface area contributed by atoms with Gasteiger partial charge >= 0.3 is 0 Å². The van der Waals surface area contributed by atoms with Crippen LogP contribution in [0.1, 0.15) is 86.8 Å². The van der Waals surface area contributed by atoms with Crippen molar-refractivity contribution in [1.29, 1.82) is 0 Å². The van der Waals surface area contributed by atoms with Gasteiger partial charge in [-0.3, -0.25) is 0 Å². The van der Waals surface area contributed by atoms with Crippen LogP contribution >= 0.6 is 0 Å². The van der Waals surface area contributed by atoms with Crippen molar-refractivity contribution in [3.63, 3.8) is 0 Å². The van der Waals surface area contributed by atoms with Crippen molar-refractivity contribution >= 4 is 57.2 Å². The second-order valence-corrected chi connectivity index (χ2v) is 16.9. The van der Waals surface area contributed by atoms with E-state index in [9.17, 15) is 0 Å². The van der Waals surface area contributed by atoms with Gasteiger partial charge in [-0.25, -0.2) is 0 Å². The Balaban J connectivity index is 1.23. The van der Waals surface area contributed by atoms with E-state index in [4.69, 9.17) is 0 Å². The lowest BCUT2D eigenvalue weighted by Gasteiger charge is -2.42. The predicted octanol–water partition coefficient (Wildman–Crippen LogP) is 11.9. The normalized spacial score (nSPS) is 14.7. The second kappa shape index (κ2) is 12.6. The van der Waals surface area contributed by atoms with Gasteiger partial charge in [0.25, 0.3) is 0 Å². The van der Waals surface area contributed by atoms with Crippen molar-refractivity contribution in [2.45, 2.75) is 65.2 Å². The summed E-state index contributed by atoms with van der Waals surface area (Å²) in [4.78, 5) is 5.00. The Morgan fingerprint density at radius 1 is 0.473 bits per heavy atom. The zero-order valence-corrected chi connectivity index (χ0v) is 32.8. The van der Waals surface area contributed by atoms with Gasteiger partial charge in [0, 0.05) is 34.6 Å². The molecule has 7 aromatic rings. The molecule has 3 aliphatic rings. The molecule has 7 aromatic carbocycles. The Morgan fingerprint density at radius 3 is 1.36 bits per heavy atom. The van der Waals surface area contributed by atoms with Crippen molar-refractivity contribution in [3.05, 3.63) is 185 Å². The summed E-state index contributed by atoms with van der Waals surface area (Å²) in [6, 6.07) is 57.5. The van der Waals surface area contributed by atoms with Gasteiger partial charge in [0.05, 0.1) is 11.4 Å². The van der Waals surface area contributed by atoms with E-state index in [1.807, 2.05) is 0 Å². The minimum Gasteiger partial charge on any atom is -0.310 e. The van der Waals surface area contributed by atoms with Crippen molar-refractivity contribution < 1.29 is 0 Å². The Hall–Kier alpha value is -5.80. The maximum absolute atomic E-state index is 2.51. The van der Waals surface area contributed by atoms with Crippen LogP contribution in [0.4, 0.5) is 34.1 Å². The van der Waals surface area contributed by atoms with E-state index in [0.717, 1.165) is 6.42 Å². The fourth-order valence-corrected chi connectivity index (χ4v) is 10.1. The van der Waals surface area contributed by atoms with Crippen molar-refractivity contribution in [2.24, 2.45) is 0 Å². The lowest BCUT2D eigenvalue weighted by atomic mass is 9.36. The first-order chi connectivity index (χ1) is 26.7. The molecule has 0 amide bonds. The first kappa shape index (κ1) is 33.7.